The molecule has 3 aromatic rings. The first kappa shape index (κ1) is 14.1. The number of aromatic nitrogens is 2. The van der Waals surface area contributed by atoms with Gasteiger partial charge in [-0.15, -0.1) is 0 Å². The molecule has 0 spiro atoms. The van der Waals surface area contributed by atoms with Crippen LogP contribution in [0.4, 0.5) is 5.69 Å². The Morgan fingerprint density at radius 1 is 1.10 bits per heavy atom. The summed E-state index contributed by atoms with van der Waals surface area (Å²) in [6.07, 6.45) is 0. The fourth-order valence-corrected chi connectivity index (χ4v) is 2.41. The van der Waals surface area contributed by atoms with Crippen molar-refractivity contribution in [2.45, 2.75) is 6.54 Å². The Morgan fingerprint density at radius 3 is 2.62 bits per heavy atom. The molecule has 6 heteroatoms. The zero-order valence-electron chi connectivity index (χ0n) is 10.9. The van der Waals surface area contributed by atoms with Crippen molar-refractivity contribution in [2.24, 2.45) is 0 Å². The van der Waals surface area contributed by atoms with Gasteiger partial charge in [-0.1, -0.05) is 44.8 Å². The summed E-state index contributed by atoms with van der Waals surface area (Å²) in [4.78, 5) is 4.38. The van der Waals surface area contributed by atoms with E-state index in [0.29, 0.717) is 23.3 Å². The molecule has 1 heterocycles. The number of anilines is 1. The number of nitrogens with zero attached hydrogens (tertiary/aromatic N) is 2. The van der Waals surface area contributed by atoms with Gasteiger partial charge in [0.2, 0.25) is 11.7 Å². The molecule has 0 bridgehead atoms. The lowest BCUT2D eigenvalue weighted by atomic mass is 10.2. The zero-order valence-corrected chi connectivity index (χ0v) is 13.2. The molecule has 0 fully saturated rings. The highest BCUT2D eigenvalue weighted by Gasteiger charge is 2.10. The van der Waals surface area contributed by atoms with Gasteiger partial charge in [-0.2, -0.15) is 4.98 Å². The second kappa shape index (κ2) is 6.28. The van der Waals surface area contributed by atoms with Crippen molar-refractivity contribution in [3.8, 4) is 11.4 Å². The SMILES string of the molecule is Clc1ccc(NCc2nc(-c3ccccc3Br)no2)cc1. The molecular formula is C15H11BrClN3O. The molecule has 0 saturated carbocycles. The second-order valence-corrected chi connectivity index (χ2v) is 5.64. The van der Waals surface area contributed by atoms with Crippen LogP contribution in [0.5, 0.6) is 0 Å². The third kappa shape index (κ3) is 3.43. The molecule has 0 aliphatic carbocycles. The van der Waals surface area contributed by atoms with E-state index in [1.54, 1.807) is 0 Å². The fraction of sp³-hybridized carbons (Fsp3) is 0.0667. The molecule has 3 rings (SSSR count). The topological polar surface area (TPSA) is 51.0 Å². The number of rotatable bonds is 4. The van der Waals surface area contributed by atoms with Gasteiger partial charge in [0.1, 0.15) is 0 Å². The number of hydrogen-bond donors (Lipinski definition) is 1. The summed E-state index contributed by atoms with van der Waals surface area (Å²) in [5.74, 6) is 1.09. The number of halogens is 2. The highest BCUT2D eigenvalue weighted by molar-refractivity contribution is 9.10. The third-order valence-corrected chi connectivity index (χ3v) is 3.81. The predicted octanol–water partition coefficient (Wildman–Crippen LogP) is 4.76. The zero-order chi connectivity index (χ0) is 14.7. The Balaban J connectivity index is 1.71. The largest absolute Gasteiger partial charge is 0.376 e. The normalized spacial score (nSPS) is 10.6. The highest BCUT2D eigenvalue weighted by Crippen LogP contribution is 2.25. The van der Waals surface area contributed by atoms with Gasteiger partial charge in [-0.25, -0.2) is 0 Å². The second-order valence-electron chi connectivity index (χ2n) is 4.35. The van der Waals surface area contributed by atoms with E-state index in [1.807, 2.05) is 48.5 Å². The lowest BCUT2D eigenvalue weighted by Gasteiger charge is -2.02. The van der Waals surface area contributed by atoms with Gasteiger partial charge in [0.05, 0.1) is 6.54 Å². The minimum absolute atomic E-state index is 0.457. The van der Waals surface area contributed by atoms with Crippen LogP contribution in [-0.4, -0.2) is 10.1 Å². The molecule has 0 aliphatic rings. The first-order valence-electron chi connectivity index (χ1n) is 6.29. The Hall–Kier alpha value is -1.85. The molecule has 106 valence electrons. The van der Waals surface area contributed by atoms with E-state index in [-0.39, 0.29) is 0 Å². The number of hydrogen-bond acceptors (Lipinski definition) is 4. The van der Waals surface area contributed by atoms with Gasteiger partial charge in [0, 0.05) is 20.7 Å². The van der Waals surface area contributed by atoms with Crippen LogP contribution >= 0.6 is 27.5 Å². The maximum Gasteiger partial charge on any atom is 0.246 e. The third-order valence-electron chi connectivity index (χ3n) is 2.87. The van der Waals surface area contributed by atoms with Crippen molar-refractivity contribution in [1.82, 2.24) is 10.1 Å². The van der Waals surface area contributed by atoms with Crippen molar-refractivity contribution in [2.75, 3.05) is 5.32 Å². The predicted molar refractivity (Wildman–Crippen MR) is 86.2 cm³/mol. The number of benzene rings is 2. The van der Waals surface area contributed by atoms with Gasteiger partial charge >= 0.3 is 0 Å². The first-order chi connectivity index (χ1) is 10.2. The standard InChI is InChI=1S/C15H11BrClN3O/c16-13-4-2-1-3-12(13)15-19-14(21-20-15)9-18-11-7-5-10(17)6-8-11/h1-8,18H,9H2. The van der Waals surface area contributed by atoms with Crippen LogP contribution in [0.25, 0.3) is 11.4 Å². The summed E-state index contributed by atoms with van der Waals surface area (Å²) in [6.45, 7) is 0.457. The summed E-state index contributed by atoms with van der Waals surface area (Å²) in [7, 11) is 0. The van der Waals surface area contributed by atoms with Crippen LogP contribution in [0.15, 0.2) is 57.5 Å². The molecule has 0 amide bonds. The molecule has 0 radical (unpaired) electrons. The van der Waals surface area contributed by atoms with Crippen LogP contribution in [-0.2, 0) is 6.54 Å². The average molecular weight is 365 g/mol. The van der Waals surface area contributed by atoms with E-state index in [0.717, 1.165) is 15.7 Å². The smallest absolute Gasteiger partial charge is 0.246 e. The summed E-state index contributed by atoms with van der Waals surface area (Å²) >= 11 is 9.32. The van der Waals surface area contributed by atoms with Gasteiger partial charge in [-0.05, 0) is 36.4 Å². The molecule has 0 aliphatic heterocycles. The Morgan fingerprint density at radius 2 is 1.86 bits per heavy atom. The minimum atomic E-state index is 0.457. The van der Waals surface area contributed by atoms with Crippen molar-refractivity contribution in [1.29, 1.82) is 0 Å². The molecular weight excluding hydrogens is 354 g/mol. The van der Waals surface area contributed by atoms with Gasteiger partial charge in [0.25, 0.3) is 0 Å². The van der Waals surface area contributed by atoms with Gasteiger partial charge < -0.3 is 9.84 Å². The molecule has 2 aromatic carbocycles. The van der Waals surface area contributed by atoms with Crippen LogP contribution < -0.4 is 5.32 Å². The van der Waals surface area contributed by atoms with Gasteiger partial charge in [-0.3, -0.25) is 0 Å². The van der Waals surface area contributed by atoms with E-state index in [2.05, 4.69) is 31.4 Å². The average Bonchev–Trinajstić information content (AvgIpc) is 2.96. The number of nitrogens with one attached hydrogen (secondary N) is 1. The Kier molecular flexibility index (Phi) is 4.22. The van der Waals surface area contributed by atoms with E-state index in [4.69, 9.17) is 16.1 Å². The van der Waals surface area contributed by atoms with Crippen LogP contribution in [0, 0.1) is 0 Å². The van der Waals surface area contributed by atoms with Crippen LogP contribution in [0.3, 0.4) is 0 Å². The Labute approximate surface area is 135 Å². The molecule has 21 heavy (non-hydrogen) atoms. The molecule has 1 aromatic heterocycles. The highest BCUT2D eigenvalue weighted by atomic mass is 79.9. The monoisotopic (exact) mass is 363 g/mol. The van der Waals surface area contributed by atoms with E-state index >= 15 is 0 Å². The summed E-state index contributed by atoms with van der Waals surface area (Å²) in [5.41, 5.74) is 1.85. The minimum Gasteiger partial charge on any atom is -0.376 e. The maximum atomic E-state index is 5.84. The van der Waals surface area contributed by atoms with E-state index < -0.39 is 0 Å². The quantitative estimate of drug-likeness (QED) is 0.725. The van der Waals surface area contributed by atoms with Crippen molar-refractivity contribution in [3.05, 3.63) is 63.9 Å². The van der Waals surface area contributed by atoms with Crippen molar-refractivity contribution in [3.63, 3.8) is 0 Å². The lowest BCUT2D eigenvalue weighted by Crippen LogP contribution is -1.99. The maximum absolute atomic E-state index is 5.84. The molecule has 4 nitrogen and oxygen atoms in total. The molecule has 1 N–H and O–H groups in total. The summed E-state index contributed by atoms with van der Waals surface area (Å²) in [5, 5.41) is 7.90. The van der Waals surface area contributed by atoms with E-state index in [9.17, 15) is 0 Å². The first-order valence-corrected chi connectivity index (χ1v) is 7.46. The lowest BCUT2D eigenvalue weighted by molar-refractivity contribution is 0.384. The molecule has 0 atom stereocenters. The summed E-state index contributed by atoms with van der Waals surface area (Å²) < 4.78 is 6.18. The summed E-state index contributed by atoms with van der Waals surface area (Å²) in [6, 6.07) is 15.2. The van der Waals surface area contributed by atoms with Crippen LogP contribution in [0.2, 0.25) is 5.02 Å². The van der Waals surface area contributed by atoms with Crippen molar-refractivity contribution >= 4 is 33.2 Å². The fourth-order valence-electron chi connectivity index (χ4n) is 1.82. The van der Waals surface area contributed by atoms with E-state index in [1.165, 1.54) is 0 Å². The Bertz CT molecular complexity index is 743. The van der Waals surface area contributed by atoms with Crippen molar-refractivity contribution < 1.29 is 4.52 Å². The van der Waals surface area contributed by atoms with Gasteiger partial charge in [0.15, 0.2) is 0 Å². The molecule has 0 saturated heterocycles. The molecule has 0 unspecified atom stereocenters. The van der Waals surface area contributed by atoms with Crippen LogP contribution in [0.1, 0.15) is 5.89 Å².